The topological polar surface area (TPSA) is 9.23 Å². The zero-order valence-corrected chi connectivity index (χ0v) is 7.29. The minimum atomic E-state index is -0.195. The molecule has 2 heteroatoms. The first-order valence-corrected chi connectivity index (χ1v) is 4.37. The predicted molar refractivity (Wildman–Crippen MR) is 49.3 cm³/mol. The van der Waals surface area contributed by atoms with E-state index in [1.807, 2.05) is 0 Å². The first-order chi connectivity index (χ1) is 6.29. The zero-order chi connectivity index (χ0) is 9.26. The first kappa shape index (κ1) is 8.30. The summed E-state index contributed by atoms with van der Waals surface area (Å²) < 4.78 is 18.3. The minimum Gasteiger partial charge on any atom is -0.486 e. The maximum atomic E-state index is 12.8. The Balaban J connectivity index is 2.31. The molecule has 0 radical (unpaired) electrons. The average Bonchev–Trinajstić information content (AvgIpc) is 2.17. The summed E-state index contributed by atoms with van der Waals surface area (Å²) in [6.45, 7) is 3.68. The lowest BCUT2D eigenvalue weighted by Gasteiger charge is -2.23. The molecular formula is C11H11FO. The summed E-state index contributed by atoms with van der Waals surface area (Å²) in [4.78, 5) is 0. The number of halogens is 1. The van der Waals surface area contributed by atoms with Gasteiger partial charge in [0, 0.05) is 0 Å². The number of rotatable bonds is 1. The zero-order valence-electron chi connectivity index (χ0n) is 7.29. The summed E-state index contributed by atoms with van der Waals surface area (Å²) in [5, 5.41) is 0. The van der Waals surface area contributed by atoms with Gasteiger partial charge >= 0.3 is 0 Å². The lowest BCUT2D eigenvalue weighted by molar-refractivity contribution is 0.218. The van der Waals surface area contributed by atoms with Crippen molar-refractivity contribution in [2.45, 2.75) is 18.9 Å². The van der Waals surface area contributed by atoms with Gasteiger partial charge in [-0.2, -0.15) is 0 Å². The van der Waals surface area contributed by atoms with E-state index in [0.717, 1.165) is 24.2 Å². The van der Waals surface area contributed by atoms with E-state index in [1.54, 1.807) is 12.1 Å². The highest BCUT2D eigenvalue weighted by molar-refractivity contribution is 5.36. The van der Waals surface area contributed by atoms with Gasteiger partial charge in [-0.05, 0) is 36.6 Å². The molecule has 13 heavy (non-hydrogen) atoms. The van der Waals surface area contributed by atoms with E-state index in [9.17, 15) is 4.39 Å². The normalized spacial score (nSPS) is 20.2. The van der Waals surface area contributed by atoms with E-state index in [2.05, 4.69) is 6.58 Å². The summed E-state index contributed by atoms with van der Waals surface area (Å²) in [5.74, 6) is 0.594. The lowest BCUT2D eigenvalue weighted by Crippen LogP contribution is -2.19. The van der Waals surface area contributed by atoms with E-state index in [0.29, 0.717) is 0 Å². The van der Waals surface area contributed by atoms with Gasteiger partial charge in [0.1, 0.15) is 17.7 Å². The SMILES string of the molecule is C=C[C@H]1CCc2cc(F)ccc2O1. The Morgan fingerprint density at radius 3 is 3.15 bits per heavy atom. The van der Waals surface area contributed by atoms with Crippen molar-refractivity contribution in [2.24, 2.45) is 0 Å². The molecule has 0 N–H and O–H groups in total. The van der Waals surface area contributed by atoms with Crippen LogP contribution in [-0.2, 0) is 6.42 Å². The maximum absolute atomic E-state index is 12.8. The summed E-state index contributed by atoms with van der Waals surface area (Å²) in [5.41, 5.74) is 0.957. The van der Waals surface area contributed by atoms with E-state index in [-0.39, 0.29) is 11.9 Å². The summed E-state index contributed by atoms with van der Waals surface area (Å²) >= 11 is 0. The van der Waals surface area contributed by atoms with Crippen LogP contribution in [0.4, 0.5) is 4.39 Å². The Morgan fingerprint density at radius 1 is 1.54 bits per heavy atom. The fourth-order valence-corrected chi connectivity index (χ4v) is 1.54. The monoisotopic (exact) mass is 178 g/mol. The van der Waals surface area contributed by atoms with E-state index in [4.69, 9.17) is 4.74 Å². The van der Waals surface area contributed by atoms with Crippen molar-refractivity contribution < 1.29 is 9.13 Å². The lowest BCUT2D eigenvalue weighted by atomic mass is 10.0. The summed E-state index contributed by atoms with van der Waals surface area (Å²) in [7, 11) is 0. The second kappa shape index (κ2) is 3.21. The predicted octanol–water partition coefficient (Wildman–Crippen LogP) is 2.71. The van der Waals surface area contributed by atoms with Crippen molar-refractivity contribution in [3.8, 4) is 5.75 Å². The number of hydrogen-bond acceptors (Lipinski definition) is 1. The highest BCUT2D eigenvalue weighted by Crippen LogP contribution is 2.28. The van der Waals surface area contributed by atoms with Crippen LogP contribution in [0.2, 0.25) is 0 Å². The van der Waals surface area contributed by atoms with Gasteiger partial charge in [0.05, 0.1) is 0 Å². The Hall–Kier alpha value is -1.31. The van der Waals surface area contributed by atoms with Gasteiger partial charge in [0.2, 0.25) is 0 Å². The molecule has 68 valence electrons. The highest BCUT2D eigenvalue weighted by Gasteiger charge is 2.16. The van der Waals surface area contributed by atoms with Crippen LogP contribution < -0.4 is 4.74 Å². The molecule has 0 unspecified atom stereocenters. The molecular weight excluding hydrogens is 167 g/mol. The maximum Gasteiger partial charge on any atom is 0.123 e. The largest absolute Gasteiger partial charge is 0.486 e. The fourth-order valence-electron chi connectivity index (χ4n) is 1.54. The second-order valence-electron chi connectivity index (χ2n) is 3.18. The molecule has 0 spiro atoms. The van der Waals surface area contributed by atoms with Crippen LogP contribution in [0.15, 0.2) is 30.9 Å². The van der Waals surface area contributed by atoms with Crippen molar-refractivity contribution in [1.29, 1.82) is 0 Å². The molecule has 1 heterocycles. The van der Waals surface area contributed by atoms with Crippen LogP contribution in [-0.4, -0.2) is 6.10 Å². The third-order valence-corrected chi connectivity index (χ3v) is 2.26. The van der Waals surface area contributed by atoms with Crippen molar-refractivity contribution in [2.75, 3.05) is 0 Å². The number of aryl methyl sites for hydroxylation is 1. The third kappa shape index (κ3) is 1.57. The van der Waals surface area contributed by atoms with Crippen molar-refractivity contribution in [3.63, 3.8) is 0 Å². The van der Waals surface area contributed by atoms with Gasteiger partial charge in [-0.25, -0.2) is 4.39 Å². The Kier molecular flexibility index (Phi) is 2.05. The molecule has 1 aliphatic heterocycles. The van der Waals surface area contributed by atoms with Crippen LogP contribution in [0.5, 0.6) is 5.75 Å². The molecule has 1 aromatic rings. The molecule has 0 fully saturated rings. The van der Waals surface area contributed by atoms with Crippen LogP contribution in [0.3, 0.4) is 0 Å². The van der Waals surface area contributed by atoms with E-state index in [1.165, 1.54) is 12.1 Å². The number of benzene rings is 1. The second-order valence-corrected chi connectivity index (χ2v) is 3.18. The van der Waals surface area contributed by atoms with Crippen LogP contribution in [0, 0.1) is 5.82 Å². The van der Waals surface area contributed by atoms with Gasteiger partial charge in [-0.3, -0.25) is 0 Å². The van der Waals surface area contributed by atoms with Crippen molar-refractivity contribution >= 4 is 0 Å². The molecule has 0 saturated heterocycles. The van der Waals surface area contributed by atoms with E-state index < -0.39 is 0 Å². The van der Waals surface area contributed by atoms with Crippen LogP contribution >= 0.6 is 0 Å². The average molecular weight is 178 g/mol. The Labute approximate surface area is 76.8 Å². The smallest absolute Gasteiger partial charge is 0.123 e. The van der Waals surface area contributed by atoms with Gasteiger partial charge < -0.3 is 4.74 Å². The molecule has 1 atom stereocenters. The highest BCUT2D eigenvalue weighted by atomic mass is 19.1. The molecule has 2 rings (SSSR count). The molecule has 0 amide bonds. The summed E-state index contributed by atoms with van der Waals surface area (Å²) in [6.07, 6.45) is 3.62. The standard InChI is InChI=1S/C11H11FO/c1-2-10-5-3-8-7-9(12)4-6-11(8)13-10/h2,4,6-7,10H,1,3,5H2/t10-/m0/s1. The Morgan fingerprint density at radius 2 is 2.38 bits per heavy atom. The quantitative estimate of drug-likeness (QED) is 0.601. The molecule has 0 aromatic heterocycles. The molecule has 1 nitrogen and oxygen atoms in total. The molecule has 1 aromatic carbocycles. The van der Waals surface area contributed by atoms with Crippen LogP contribution in [0.25, 0.3) is 0 Å². The summed E-state index contributed by atoms with van der Waals surface area (Å²) in [6, 6.07) is 4.64. The van der Waals surface area contributed by atoms with Crippen molar-refractivity contribution in [1.82, 2.24) is 0 Å². The number of ether oxygens (including phenoxy) is 1. The van der Waals surface area contributed by atoms with Gasteiger partial charge in [-0.1, -0.05) is 12.7 Å². The third-order valence-electron chi connectivity index (χ3n) is 2.26. The molecule has 0 saturated carbocycles. The molecule has 1 aliphatic rings. The first-order valence-electron chi connectivity index (χ1n) is 4.37. The van der Waals surface area contributed by atoms with Gasteiger partial charge in [-0.15, -0.1) is 0 Å². The minimum absolute atomic E-state index is 0.0814. The Bertz CT molecular complexity index is 333. The van der Waals surface area contributed by atoms with Crippen molar-refractivity contribution in [3.05, 3.63) is 42.2 Å². The van der Waals surface area contributed by atoms with Gasteiger partial charge in [0.25, 0.3) is 0 Å². The van der Waals surface area contributed by atoms with Gasteiger partial charge in [0.15, 0.2) is 0 Å². The number of hydrogen-bond donors (Lipinski definition) is 0. The fraction of sp³-hybridized carbons (Fsp3) is 0.273. The molecule has 0 bridgehead atoms. The molecule has 0 aliphatic carbocycles. The van der Waals surface area contributed by atoms with Crippen LogP contribution in [0.1, 0.15) is 12.0 Å². The number of fused-ring (bicyclic) bond motifs is 1. The van der Waals surface area contributed by atoms with E-state index >= 15 is 0 Å².